The highest BCUT2D eigenvalue weighted by molar-refractivity contribution is 6.10. The second kappa shape index (κ2) is 18.5. The number of furan rings is 1. The summed E-state index contributed by atoms with van der Waals surface area (Å²) in [6.07, 6.45) is 9.32. The number of anilines is 5. The van der Waals surface area contributed by atoms with Crippen LogP contribution in [0.25, 0.3) is 77.6 Å². The summed E-state index contributed by atoms with van der Waals surface area (Å²) in [6, 6.07) is 87.0. The second-order valence-electron chi connectivity index (χ2n) is 17.7. The lowest BCUT2D eigenvalue weighted by atomic mass is 9.93. The fourth-order valence-electron chi connectivity index (χ4n) is 10.1. The average Bonchev–Trinajstić information content (AvgIpc) is 3.84. The third-order valence-electron chi connectivity index (χ3n) is 13.5. The van der Waals surface area contributed by atoms with E-state index in [2.05, 4.69) is 271 Å². The molecule has 3 heteroatoms. The Morgan fingerprint density at radius 2 is 0.986 bits per heavy atom. The maximum Gasteiger partial charge on any atom is 0.143 e. The van der Waals surface area contributed by atoms with Gasteiger partial charge in [-0.15, -0.1) is 0 Å². The van der Waals surface area contributed by atoms with Crippen LogP contribution in [-0.2, 0) is 6.42 Å². The number of para-hydroxylation sites is 5. The molecule has 0 saturated carbocycles. The van der Waals surface area contributed by atoms with Crippen LogP contribution in [0.3, 0.4) is 0 Å². The van der Waals surface area contributed by atoms with Gasteiger partial charge in [0.05, 0.1) is 11.4 Å². The number of nitrogens with zero attached hydrogens (tertiary/aromatic N) is 2. The van der Waals surface area contributed by atoms with E-state index in [0.29, 0.717) is 0 Å². The van der Waals surface area contributed by atoms with Gasteiger partial charge in [0.2, 0.25) is 0 Å². The zero-order chi connectivity index (χ0) is 46.8. The largest absolute Gasteiger partial charge is 0.455 e. The topological polar surface area (TPSA) is 19.6 Å². The van der Waals surface area contributed by atoms with Crippen LogP contribution in [0.2, 0.25) is 0 Å². The number of rotatable bonds is 9. The zero-order valence-corrected chi connectivity index (χ0v) is 38.6. The van der Waals surface area contributed by atoms with Crippen molar-refractivity contribution in [1.82, 2.24) is 0 Å². The Bertz CT molecular complexity index is 3760. The number of fused-ring (bicyclic) bond motifs is 4. The highest BCUT2D eigenvalue weighted by Gasteiger charge is 2.23. The van der Waals surface area contributed by atoms with Gasteiger partial charge in [0, 0.05) is 50.2 Å². The molecule has 1 aromatic heterocycles. The van der Waals surface area contributed by atoms with Gasteiger partial charge in [0.25, 0.3) is 0 Å². The van der Waals surface area contributed by atoms with Crippen LogP contribution >= 0.6 is 0 Å². The number of hydrogen-bond donors (Lipinski definition) is 0. The molecular formula is C67H48N2O. The number of allylic oxidation sites excluding steroid dienone is 4. The first-order valence-electron chi connectivity index (χ1n) is 23.9. The predicted octanol–water partition coefficient (Wildman–Crippen LogP) is 18.7. The van der Waals surface area contributed by atoms with Gasteiger partial charge < -0.3 is 14.2 Å². The Morgan fingerprint density at radius 1 is 0.400 bits per heavy atom. The van der Waals surface area contributed by atoms with Crippen molar-refractivity contribution >= 4 is 50.4 Å². The molecule has 0 fully saturated rings. The molecule has 11 aromatic rings. The van der Waals surface area contributed by atoms with E-state index in [0.717, 1.165) is 107 Å². The Kier molecular flexibility index (Phi) is 11.1. The van der Waals surface area contributed by atoms with Crippen molar-refractivity contribution in [1.29, 1.82) is 0 Å². The first-order valence-corrected chi connectivity index (χ1v) is 23.9. The van der Waals surface area contributed by atoms with Crippen LogP contribution in [0.5, 0.6) is 0 Å². The monoisotopic (exact) mass is 896 g/mol. The standard InChI is InChI=1S/C67H48N2O/c1-47-20-4-2-7-23-52-24-8-14-34-63(52)68(47)64-35-15-12-29-58(64)53-25-18-26-55(46-53)69(65-36-16-11-28-57(65)51-40-38-49(39-41-51)48-21-5-3-6-22-48)54-44-42-50(43-45-54)56-27-9-10-30-59(56)61-32-19-33-62-60-31-13-17-37-66(60)70-67(61)62/h2-22,24-46H,1,23H2/b7-2-,20-4-. The normalized spacial score (nSPS) is 13.3. The van der Waals surface area contributed by atoms with Crippen LogP contribution in [0.4, 0.5) is 28.4 Å². The van der Waals surface area contributed by atoms with E-state index >= 15 is 0 Å². The minimum atomic E-state index is 0.826. The molecule has 0 aliphatic carbocycles. The molecule has 1 aliphatic rings. The van der Waals surface area contributed by atoms with E-state index in [9.17, 15) is 0 Å². The summed E-state index contributed by atoms with van der Waals surface area (Å²) in [5.41, 5.74) is 20.6. The van der Waals surface area contributed by atoms with Crippen LogP contribution in [-0.4, -0.2) is 0 Å². The smallest absolute Gasteiger partial charge is 0.143 e. The zero-order valence-electron chi connectivity index (χ0n) is 38.6. The summed E-state index contributed by atoms with van der Waals surface area (Å²) < 4.78 is 6.55. The van der Waals surface area contributed by atoms with Crippen molar-refractivity contribution in [3.63, 3.8) is 0 Å². The van der Waals surface area contributed by atoms with Crippen molar-refractivity contribution in [2.75, 3.05) is 9.80 Å². The van der Waals surface area contributed by atoms with Gasteiger partial charge in [-0.25, -0.2) is 0 Å². The fraction of sp³-hybridized carbons (Fsp3) is 0.0149. The minimum Gasteiger partial charge on any atom is -0.455 e. The highest BCUT2D eigenvalue weighted by atomic mass is 16.3. The van der Waals surface area contributed by atoms with Crippen LogP contribution < -0.4 is 9.80 Å². The average molecular weight is 897 g/mol. The summed E-state index contributed by atoms with van der Waals surface area (Å²) in [4.78, 5) is 4.71. The van der Waals surface area contributed by atoms with Crippen LogP contribution in [0, 0.1) is 0 Å². The lowest BCUT2D eigenvalue weighted by Crippen LogP contribution is -2.17. The van der Waals surface area contributed by atoms with Gasteiger partial charge in [-0.2, -0.15) is 0 Å². The third kappa shape index (κ3) is 7.90. The van der Waals surface area contributed by atoms with E-state index < -0.39 is 0 Å². The minimum absolute atomic E-state index is 0.826. The van der Waals surface area contributed by atoms with E-state index in [1.807, 2.05) is 12.1 Å². The van der Waals surface area contributed by atoms with Gasteiger partial charge >= 0.3 is 0 Å². The Labute approximate surface area is 409 Å². The van der Waals surface area contributed by atoms with Crippen molar-refractivity contribution in [3.05, 3.63) is 285 Å². The summed E-state index contributed by atoms with van der Waals surface area (Å²) in [5.74, 6) is 0. The van der Waals surface area contributed by atoms with E-state index in [-0.39, 0.29) is 0 Å². The summed E-state index contributed by atoms with van der Waals surface area (Å²) >= 11 is 0. The number of benzene rings is 10. The van der Waals surface area contributed by atoms with E-state index in [1.165, 1.54) is 16.7 Å². The molecule has 0 spiro atoms. The van der Waals surface area contributed by atoms with Crippen molar-refractivity contribution in [2.45, 2.75) is 6.42 Å². The molecule has 70 heavy (non-hydrogen) atoms. The Balaban J connectivity index is 0.990. The van der Waals surface area contributed by atoms with Crippen LogP contribution in [0.1, 0.15) is 5.56 Å². The second-order valence-corrected chi connectivity index (χ2v) is 17.7. The molecule has 0 radical (unpaired) electrons. The molecule has 0 unspecified atom stereocenters. The van der Waals surface area contributed by atoms with Gasteiger partial charge in [0.15, 0.2) is 0 Å². The first-order chi connectivity index (χ1) is 34.7. The molecule has 2 heterocycles. The van der Waals surface area contributed by atoms with Crippen LogP contribution in [0.15, 0.2) is 284 Å². The molecule has 0 N–H and O–H groups in total. The molecule has 3 nitrogen and oxygen atoms in total. The first kappa shape index (κ1) is 42.2. The quantitative estimate of drug-likeness (QED) is 0.144. The maximum absolute atomic E-state index is 6.55. The van der Waals surface area contributed by atoms with Gasteiger partial charge in [-0.1, -0.05) is 219 Å². The molecule has 1 aliphatic heterocycles. The SMILES string of the molecule is C=C1/C=C\C=C/Cc2ccccc2N1c1ccccc1-c1cccc(N(c2ccc(-c3ccccc3-c3cccc4c3oc3ccccc34)cc2)c2ccccc2-c2ccc(-c3ccccc3)cc2)c1. The highest BCUT2D eigenvalue weighted by Crippen LogP contribution is 2.46. The van der Waals surface area contributed by atoms with Crippen molar-refractivity contribution < 1.29 is 4.42 Å². The molecule has 332 valence electrons. The van der Waals surface area contributed by atoms with E-state index in [1.54, 1.807) is 0 Å². The van der Waals surface area contributed by atoms with Crippen molar-refractivity contribution in [3.8, 4) is 55.6 Å². The molecule has 0 amide bonds. The summed E-state index contributed by atoms with van der Waals surface area (Å²) in [7, 11) is 0. The lowest BCUT2D eigenvalue weighted by Gasteiger charge is -2.30. The molecular weight excluding hydrogens is 849 g/mol. The Morgan fingerprint density at radius 3 is 1.83 bits per heavy atom. The Hall–Kier alpha value is -9.18. The molecule has 10 aromatic carbocycles. The molecule has 0 atom stereocenters. The van der Waals surface area contributed by atoms with Gasteiger partial charge in [0.1, 0.15) is 11.2 Å². The predicted molar refractivity (Wildman–Crippen MR) is 295 cm³/mol. The van der Waals surface area contributed by atoms with Gasteiger partial charge in [-0.3, -0.25) is 0 Å². The fourth-order valence-corrected chi connectivity index (χ4v) is 10.1. The van der Waals surface area contributed by atoms with Gasteiger partial charge in [-0.05, 0) is 106 Å². The molecule has 12 rings (SSSR count). The van der Waals surface area contributed by atoms with E-state index in [4.69, 9.17) is 4.42 Å². The lowest BCUT2D eigenvalue weighted by molar-refractivity contribution is 0.670. The maximum atomic E-state index is 6.55. The molecule has 0 bridgehead atoms. The molecule has 0 saturated heterocycles. The number of hydrogen-bond acceptors (Lipinski definition) is 3. The summed E-state index contributed by atoms with van der Waals surface area (Å²) in [5, 5.41) is 2.24. The third-order valence-corrected chi connectivity index (χ3v) is 13.5. The van der Waals surface area contributed by atoms with Crippen molar-refractivity contribution in [2.24, 2.45) is 0 Å². The summed E-state index contributed by atoms with van der Waals surface area (Å²) in [6.45, 7) is 4.60.